The number of sulfonamides is 1. The maximum Gasteiger partial charge on any atom is 0.241 e. The molecule has 0 amide bonds. The van der Waals surface area contributed by atoms with Crippen molar-refractivity contribution in [3.63, 3.8) is 0 Å². The van der Waals surface area contributed by atoms with Crippen LogP contribution in [0.5, 0.6) is 0 Å². The number of unbranched alkanes of at least 4 members (excludes halogenated alkanes) is 2. The van der Waals surface area contributed by atoms with Crippen molar-refractivity contribution in [3.05, 3.63) is 36.7 Å². The Hall–Kier alpha value is -1.50. The number of hydrogen-bond acceptors (Lipinski definition) is 4. The summed E-state index contributed by atoms with van der Waals surface area (Å²) in [4.78, 5) is 6.83. The predicted octanol–water partition coefficient (Wildman–Crippen LogP) is 3.81. The third-order valence-electron chi connectivity index (χ3n) is 4.53. The summed E-state index contributed by atoms with van der Waals surface area (Å²) >= 11 is 0. The number of aromatic nitrogens is 1. The molecule has 0 radical (unpaired) electrons. The van der Waals surface area contributed by atoms with Gasteiger partial charge in [0.1, 0.15) is 0 Å². The molecule has 2 rings (SSSR count). The van der Waals surface area contributed by atoms with Gasteiger partial charge >= 0.3 is 0 Å². The fraction of sp³-hybridized carbons (Fsp3) is 0.550. The minimum Gasteiger partial charge on any atom is -0.303 e. The van der Waals surface area contributed by atoms with E-state index < -0.39 is 10.0 Å². The molecule has 0 aliphatic rings. The van der Waals surface area contributed by atoms with Gasteiger partial charge in [0.25, 0.3) is 0 Å². The van der Waals surface area contributed by atoms with Gasteiger partial charge in [0.2, 0.25) is 10.0 Å². The Bertz CT molecular complexity index is 764. The number of nitrogens with one attached hydrogen (secondary N) is 1. The zero-order valence-corrected chi connectivity index (χ0v) is 16.8. The summed E-state index contributed by atoms with van der Waals surface area (Å²) < 4.78 is 28.1. The minimum atomic E-state index is -3.52. The van der Waals surface area contributed by atoms with Crippen LogP contribution in [0.15, 0.2) is 41.6 Å². The molecule has 0 bridgehead atoms. The van der Waals surface area contributed by atoms with E-state index in [2.05, 4.69) is 28.5 Å². The van der Waals surface area contributed by atoms with Crippen LogP contribution in [0.2, 0.25) is 0 Å². The van der Waals surface area contributed by atoms with E-state index in [0.29, 0.717) is 16.8 Å². The Morgan fingerprint density at radius 2 is 1.69 bits per heavy atom. The summed E-state index contributed by atoms with van der Waals surface area (Å²) in [5.41, 5.74) is 0. The lowest BCUT2D eigenvalue weighted by Crippen LogP contribution is -2.31. The topological polar surface area (TPSA) is 62.3 Å². The van der Waals surface area contributed by atoms with Crippen molar-refractivity contribution in [3.8, 4) is 0 Å². The summed E-state index contributed by atoms with van der Waals surface area (Å²) in [5.74, 6) is 0. The molecule has 0 atom stereocenters. The number of fused-ring (bicyclic) bond motifs is 1. The van der Waals surface area contributed by atoms with E-state index >= 15 is 0 Å². The quantitative estimate of drug-likeness (QED) is 0.572. The molecule has 0 spiro atoms. The molecule has 0 saturated heterocycles. The maximum atomic E-state index is 12.7. The third kappa shape index (κ3) is 6.04. The van der Waals surface area contributed by atoms with Crippen LogP contribution in [0, 0.1) is 0 Å². The van der Waals surface area contributed by atoms with Crippen LogP contribution in [-0.2, 0) is 10.0 Å². The molecule has 1 N–H and O–H groups in total. The summed E-state index contributed by atoms with van der Waals surface area (Å²) in [6, 6.07) is 7.04. The molecule has 2 aromatic rings. The largest absolute Gasteiger partial charge is 0.303 e. The van der Waals surface area contributed by atoms with Crippen LogP contribution in [-0.4, -0.2) is 44.5 Å². The lowest BCUT2D eigenvalue weighted by Gasteiger charge is -2.22. The summed E-state index contributed by atoms with van der Waals surface area (Å²) in [6.07, 6.45) is 8.89. The van der Waals surface area contributed by atoms with Crippen LogP contribution < -0.4 is 4.72 Å². The smallest absolute Gasteiger partial charge is 0.241 e. The first kappa shape index (κ1) is 20.8. The number of nitrogens with zero attached hydrogens (tertiary/aromatic N) is 2. The van der Waals surface area contributed by atoms with Crippen molar-refractivity contribution in [1.29, 1.82) is 0 Å². The fourth-order valence-corrected chi connectivity index (χ4v) is 4.31. The van der Waals surface area contributed by atoms with E-state index in [1.165, 1.54) is 25.7 Å². The second kappa shape index (κ2) is 10.6. The van der Waals surface area contributed by atoms with Crippen molar-refractivity contribution in [2.24, 2.45) is 0 Å². The van der Waals surface area contributed by atoms with Gasteiger partial charge in [0.15, 0.2) is 0 Å². The van der Waals surface area contributed by atoms with Crippen molar-refractivity contribution in [2.75, 3.05) is 26.2 Å². The lowest BCUT2D eigenvalue weighted by molar-refractivity contribution is 0.262. The number of hydrogen-bond donors (Lipinski definition) is 1. The minimum absolute atomic E-state index is 0.325. The first-order chi connectivity index (χ1) is 12.6. The average molecular weight is 378 g/mol. The number of rotatable bonds is 12. The van der Waals surface area contributed by atoms with Gasteiger partial charge < -0.3 is 4.90 Å². The van der Waals surface area contributed by atoms with Crippen LogP contribution in [0.25, 0.3) is 10.8 Å². The molecule has 26 heavy (non-hydrogen) atoms. The summed E-state index contributed by atoms with van der Waals surface area (Å²) in [6.45, 7) is 7.98. The van der Waals surface area contributed by atoms with E-state index in [0.717, 1.165) is 31.4 Å². The molecule has 0 aliphatic carbocycles. The molecule has 1 aromatic carbocycles. The lowest BCUT2D eigenvalue weighted by atomic mass is 10.2. The van der Waals surface area contributed by atoms with Crippen molar-refractivity contribution in [1.82, 2.24) is 14.6 Å². The zero-order chi connectivity index (χ0) is 18.8. The Kier molecular flexibility index (Phi) is 8.48. The second-order valence-electron chi connectivity index (χ2n) is 6.65. The molecule has 1 heterocycles. The van der Waals surface area contributed by atoms with E-state index in [-0.39, 0.29) is 0 Å². The fourth-order valence-electron chi connectivity index (χ4n) is 3.01. The molecule has 0 saturated carbocycles. The van der Waals surface area contributed by atoms with Crippen LogP contribution in [0.4, 0.5) is 0 Å². The molecule has 0 unspecified atom stereocenters. The average Bonchev–Trinajstić information content (AvgIpc) is 2.66. The van der Waals surface area contributed by atoms with E-state index in [1.807, 2.05) is 6.07 Å². The second-order valence-corrected chi connectivity index (χ2v) is 8.39. The first-order valence-electron chi connectivity index (χ1n) is 9.63. The van der Waals surface area contributed by atoms with Crippen molar-refractivity contribution >= 4 is 20.8 Å². The summed E-state index contributed by atoms with van der Waals surface area (Å²) in [7, 11) is -3.52. The Balaban J connectivity index is 1.93. The Morgan fingerprint density at radius 1 is 1.00 bits per heavy atom. The normalized spacial score (nSPS) is 12.1. The van der Waals surface area contributed by atoms with Gasteiger partial charge in [-0.25, -0.2) is 13.1 Å². The van der Waals surface area contributed by atoms with E-state index in [4.69, 9.17) is 0 Å². The standard InChI is InChI=1S/C20H31N3O2S/c1-3-5-14-23(15-6-4-2)16-8-12-22-26(24,25)20-10-7-9-18-17-21-13-11-19(18)20/h7,9-11,13,17,22H,3-6,8,12,14-16H2,1-2H3. The van der Waals surface area contributed by atoms with Crippen LogP contribution in [0.3, 0.4) is 0 Å². The van der Waals surface area contributed by atoms with Gasteiger partial charge in [-0.05, 0) is 51.0 Å². The van der Waals surface area contributed by atoms with Crippen LogP contribution in [0.1, 0.15) is 46.0 Å². The van der Waals surface area contributed by atoms with Gasteiger partial charge in [-0.1, -0.05) is 38.8 Å². The van der Waals surface area contributed by atoms with Crippen LogP contribution >= 0.6 is 0 Å². The SMILES string of the molecule is CCCCN(CCCC)CCCNS(=O)(=O)c1cccc2cnccc12. The monoisotopic (exact) mass is 377 g/mol. The molecule has 6 heteroatoms. The zero-order valence-electron chi connectivity index (χ0n) is 15.9. The summed E-state index contributed by atoms with van der Waals surface area (Å²) in [5, 5.41) is 1.54. The highest BCUT2D eigenvalue weighted by Gasteiger charge is 2.16. The van der Waals surface area contributed by atoms with E-state index in [9.17, 15) is 8.42 Å². The Labute approximate surface area is 157 Å². The third-order valence-corrected chi connectivity index (χ3v) is 6.05. The highest BCUT2D eigenvalue weighted by atomic mass is 32.2. The number of benzene rings is 1. The maximum absolute atomic E-state index is 12.7. The highest BCUT2D eigenvalue weighted by Crippen LogP contribution is 2.21. The molecular weight excluding hydrogens is 346 g/mol. The van der Waals surface area contributed by atoms with Gasteiger partial charge in [-0.15, -0.1) is 0 Å². The molecule has 0 fully saturated rings. The molecule has 1 aromatic heterocycles. The van der Waals surface area contributed by atoms with Gasteiger partial charge in [-0.3, -0.25) is 4.98 Å². The van der Waals surface area contributed by atoms with Gasteiger partial charge in [0, 0.05) is 29.7 Å². The first-order valence-corrected chi connectivity index (χ1v) is 11.1. The molecule has 0 aliphatic heterocycles. The van der Waals surface area contributed by atoms with Gasteiger partial charge in [0.05, 0.1) is 4.90 Å². The molecule has 5 nitrogen and oxygen atoms in total. The number of pyridine rings is 1. The Morgan fingerprint density at radius 3 is 2.38 bits per heavy atom. The van der Waals surface area contributed by atoms with Gasteiger partial charge in [-0.2, -0.15) is 0 Å². The predicted molar refractivity (Wildman–Crippen MR) is 108 cm³/mol. The van der Waals surface area contributed by atoms with E-state index in [1.54, 1.807) is 30.6 Å². The molecule has 144 valence electrons. The van der Waals surface area contributed by atoms with Crippen molar-refractivity contribution in [2.45, 2.75) is 50.8 Å². The highest BCUT2D eigenvalue weighted by molar-refractivity contribution is 7.89. The molecular formula is C20H31N3O2S. The van der Waals surface area contributed by atoms with Crippen molar-refractivity contribution < 1.29 is 8.42 Å².